The van der Waals surface area contributed by atoms with Crippen molar-refractivity contribution >= 4 is 18.6 Å². The molecule has 0 radical (unpaired) electrons. The van der Waals surface area contributed by atoms with Crippen LogP contribution in [0, 0.1) is 0 Å². The fourth-order valence-corrected chi connectivity index (χ4v) is 0.508. The Morgan fingerprint density at radius 1 is 1.89 bits per heavy atom. The minimum atomic E-state index is -0.263. The van der Waals surface area contributed by atoms with Crippen molar-refractivity contribution in [3.05, 3.63) is 0 Å². The number of thiol groups is 1. The van der Waals surface area contributed by atoms with E-state index in [1.54, 1.807) is 0 Å². The van der Waals surface area contributed by atoms with Crippen LogP contribution in [-0.4, -0.2) is 24.9 Å². The van der Waals surface area contributed by atoms with Gasteiger partial charge in [-0.25, -0.2) is 0 Å². The number of carbonyl (C=O) groups is 1. The van der Waals surface area contributed by atoms with E-state index in [0.29, 0.717) is 6.54 Å². The average molecular weight is 149 g/mol. The predicted molar refractivity (Wildman–Crippen MR) is 38.5 cm³/mol. The Balaban J connectivity index is 3.34. The standard InChI is InChI=1S/C5H11NO2S/c1-8-5(7)2-4(9)3-6/h4,9H,2-3,6H2,1H3/t4-/m1/s1. The van der Waals surface area contributed by atoms with E-state index in [4.69, 9.17) is 5.73 Å². The van der Waals surface area contributed by atoms with Crippen molar-refractivity contribution in [2.24, 2.45) is 5.73 Å². The normalized spacial score (nSPS) is 12.8. The lowest BCUT2D eigenvalue weighted by molar-refractivity contribution is -0.140. The Labute approximate surface area is 60.0 Å². The molecular weight excluding hydrogens is 138 g/mol. The molecule has 0 rings (SSSR count). The second kappa shape index (κ2) is 4.64. The van der Waals surface area contributed by atoms with Crippen molar-refractivity contribution in [2.45, 2.75) is 11.7 Å². The lowest BCUT2D eigenvalue weighted by atomic mass is 10.3. The molecule has 0 heterocycles. The summed E-state index contributed by atoms with van der Waals surface area (Å²) in [4.78, 5) is 10.5. The number of ether oxygens (including phenoxy) is 1. The highest BCUT2D eigenvalue weighted by Crippen LogP contribution is 1.98. The summed E-state index contributed by atoms with van der Waals surface area (Å²) < 4.78 is 4.38. The van der Waals surface area contributed by atoms with Gasteiger partial charge in [0.25, 0.3) is 0 Å². The summed E-state index contributed by atoms with van der Waals surface area (Å²) in [6, 6.07) is 0. The van der Waals surface area contributed by atoms with E-state index in [1.165, 1.54) is 7.11 Å². The number of methoxy groups -OCH3 is 1. The summed E-state index contributed by atoms with van der Waals surface area (Å²) in [5.74, 6) is -0.263. The van der Waals surface area contributed by atoms with E-state index in [9.17, 15) is 4.79 Å². The van der Waals surface area contributed by atoms with E-state index in [-0.39, 0.29) is 17.6 Å². The third-order valence-electron chi connectivity index (χ3n) is 0.902. The minimum Gasteiger partial charge on any atom is -0.469 e. The zero-order valence-corrected chi connectivity index (χ0v) is 6.23. The molecule has 0 aromatic carbocycles. The highest BCUT2D eigenvalue weighted by atomic mass is 32.1. The maximum atomic E-state index is 10.5. The maximum absolute atomic E-state index is 10.5. The van der Waals surface area contributed by atoms with Gasteiger partial charge in [-0.05, 0) is 0 Å². The van der Waals surface area contributed by atoms with Gasteiger partial charge in [0.15, 0.2) is 0 Å². The Morgan fingerprint density at radius 2 is 2.44 bits per heavy atom. The van der Waals surface area contributed by atoms with Crippen LogP contribution in [0.25, 0.3) is 0 Å². The third-order valence-corrected chi connectivity index (χ3v) is 1.30. The van der Waals surface area contributed by atoms with Gasteiger partial charge in [-0.3, -0.25) is 4.79 Å². The first-order chi connectivity index (χ1) is 4.20. The smallest absolute Gasteiger partial charge is 0.306 e. The number of nitrogens with two attached hydrogens (primary N) is 1. The van der Waals surface area contributed by atoms with Crippen molar-refractivity contribution in [3.63, 3.8) is 0 Å². The van der Waals surface area contributed by atoms with E-state index in [1.807, 2.05) is 0 Å². The number of hydrogen-bond acceptors (Lipinski definition) is 4. The van der Waals surface area contributed by atoms with Crippen LogP contribution in [-0.2, 0) is 9.53 Å². The van der Waals surface area contributed by atoms with E-state index < -0.39 is 0 Å². The summed E-state index contributed by atoms with van der Waals surface area (Å²) >= 11 is 4.00. The number of rotatable bonds is 3. The largest absolute Gasteiger partial charge is 0.469 e. The van der Waals surface area contributed by atoms with E-state index in [2.05, 4.69) is 17.4 Å². The van der Waals surface area contributed by atoms with Crippen LogP contribution in [0.3, 0.4) is 0 Å². The average Bonchev–Trinajstić information content (AvgIpc) is 1.87. The molecule has 4 heteroatoms. The van der Waals surface area contributed by atoms with Crippen LogP contribution in [0.2, 0.25) is 0 Å². The minimum absolute atomic E-state index is 0.0718. The lowest BCUT2D eigenvalue weighted by Gasteiger charge is -2.03. The third kappa shape index (κ3) is 4.29. The van der Waals surface area contributed by atoms with Gasteiger partial charge in [-0.1, -0.05) is 0 Å². The molecule has 0 amide bonds. The van der Waals surface area contributed by atoms with E-state index >= 15 is 0 Å². The molecular formula is C5H11NO2S. The molecule has 0 aliphatic carbocycles. The summed E-state index contributed by atoms with van der Waals surface area (Å²) in [5.41, 5.74) is 5.19. The highest BCUT2D eigenvalue weighted by molar-refractivity contribution is 7.81. The zero-order chi connectivity index (χ0) is 7.28. The SMILES string of the molecule is COC(=O)C[C@@H](S)CN. The predicted octanol–water partition coefficient (Wildman–Crippen LogP) is -0.193. The summed E-state index contributed by atoms with van der Waals surface area (Å²) in [6.45, 7) is 0.401. The van der Waals surface area contributed by atoms with Gasteiger partial charge in [-0.15, -0.1) is 0 Å². The quantitative estimate of drug-likeness (QED) is 0.432. The molecule has 0 aliphatic heterocycles. The number of hydrogen-bond donors (Lipinski definition) is 2. The molecule has 0 aliphatic rings. The molecule has 0 unspecified atom stereocenters. The molecule has 2 N–H and O–H groups in total. The molecule has 54 valence electrons. The maximum Gasteiger partial charge on any atom is 0.306 e. The van der Waals surface area contributed by atoms with Gasteiger partial charge in [0.05, 0.1) is 13.5 Å². The Hall–Kier alpha value is -0.220. The monoisotopic (exact) mass is 149 g/mol. The Bertz CT molecular complexity index is 97.0. The Kier molecular flexibility index (Phi) is 4.53. The molecule has 9 heavy (non-hydrogen) atoms. The molecule has 0 spiro atoms. The zero-order valence-electron chi connectivity index (χ0n) is 5.33. The molecule has 0 fully saturated rings. The summed E-state index contributed by atoms with van der Waals surface area (Å²) in [6.07, 6.45) is 0.288. The van der Waals surface area contributed by atoms with Gasteiger partial charge >= 0.3 is 5.97 Å². The van der Waals surface area contributed by atoms with Gasteiger partial charge in [0.1, 0.15) is 0 Å². The molecule has 0 aromatic rings. The fourth-order valence-electron chi connectivity index (χ4n) is 0.359. The highest BCUT2D eigenvalue weighted by Gasteiger charge is 2.06. The first-order valence-electron chi connectivity index (χ1n) is 2.65. The van der Waals surface area contributed by atoms with Crippen LogP contribution in [0.4, 0.5) is 0 Å². The Morgan fingerprint density at radius 3 is 2.78 bits per heavy atom. The van der Waals surface area contributed by atoms with Crippen molar-refractivity contribution in [1.29, 1.82) is 0 Å². The van der Waals surface area contributed by atoms with Crippen molar-refractivity contribution in [1.82, 2.24) is 0 Å². The summed E-state index contributed by atoms with van der Waals surface area (Å²) in [7, 11) is 1.35. The van der Waals surface area contributed by atoms with Crippen LogP contribution in [0.5, 0.6) is 0 Å². The van der Waals surface area contributed by atoms with E-state index in [0.717, 1.165) is 0 Å². The lowest BCUT2D eigenvalue weighted by Crippen LogP contribution is -2.18. The van der Waals surface area contributed by atoms with Crippen LogP contribution < -0.4 is 5.73 Å². The van der Waals surface area contributed by atoms with Gasteiger partial charge < -0.3 is 10.5 Å². The molecule has 0 aromatic heterocycles. The first-order valence-corrected chi connectivity index (χ1v) is 3.17. The molecule has 0 saturated heterocycles. The van der Waals surface area contributed by atoms with Crippen LogP contribution in [0.1, 0.15) is 6.42 Å². The molecule has 0 bridgehead atoms. The van der Waals surface area contributed by atoms with Crippen molar-refractivity contribution in [2.75, 3.05) is 13.7 Å². The van der Waals surface area contributed by atoms with Crippen molar-refractivity contribution in [3.8, 4) is 0 Å². The molecule has 1 atom stereocenters. The van der Waals surface area contributed by atoms with Gasteiger partial charge in [0, 0.05) is 11.8 Å². The van der Waals surface area contributed by atoms with Crippen molar-refractivity contribution < 1.29 is 9.53 Å². The fraction of sp³-hybridized carbons (Fsp3) is 0.800. The van der Waals surface area contributed by atoms with Crippen LogP contribution in [0.15, 0.2) is 0 Å². The summed E-state index contributed by atoms with van der Waals surface area (Å²) in [5, 5.41) is -0.0718. The molecule has 3 nitrogen and oxygen atoms in total. The number of esters is 1. The first kappa shape index (κ1) is 8.78. The van der Waals surface area contributed by atoms with Gasteiger partial charge in [-0.2, -0.15) is 12.6 Å². The van der Waals surface area contributed by atoms with Gasteiger partial charge in [0.2, 0.25) is 0 Å². The second-order valence-corrected chi connectivity index (χ2v) is 2.40. The second-order valence-electron chi connectivity index (χ2n) is 1.67. The number of carbonyl (C=O) groups excluding carboxylic acids is 1. The van der Waals surface area contributed by atoms with Crippen LogP contribution >= 0.6 is 12.6 Å². The molecule has 0 saturated carbocycles. The topological polar surface area (TPSA) is 52.3 Å².